The molecule has 0 spiro atoms. The van der Waals surface area contributed by atoms with E-state index < -0.39 is 11.8 Å². The number of carboxylic acid groups (broad SMARTS) is 1. The molecule has 0 heterocycles. The summed E-state index contributed by atoms with van der Waals surface area (Å²) in [6, 6.07) is 5.31. The van der Waals surface area contributed by atoms with Gasteiger partial charge in [-0.3, -0.25) is 4.79 Å². The van der Waals surface area contributed by atoms with Gasteiger partial charge in [-0.15, -0.1) is 0 Å². The van der Waals surface area contributed by atoms with Crippen molar-refractivity contribution in [1.29, 1.82) is 0 Å². The molecule has 1 aliphatic rings. The van der Waals surface area contributed by atoms with Crippen molar-refractivity contribution in [1.82, 2.24) is 0 Å². The second-order valence-electron chi connectivity index (χ2n) is 5.18. The average Bonchev–Trinajstić information content (AvgIpc) is 2.75. The highest BCUT2D eigenvalue weighted by Gasteiger charge is 2.34. The van der Waals surface area contributed by atoms with E-state index in [1.807, 2.05) is 6.07 Å². The third-order valence-electron chi connectivity index (χ3n) is 4.29. The predicted molar refractivity (Wildman–Crippen MR) is 68.8 cm³/mol. The molecule has 0 saturated heterocycles. The zero-order valence-electron chi connectivity index (χ0n) is 10.8. The van der Waals surface area contributed by atoms with Crippen molar-refractivity contribution in [2.75, 3.05) is 0 Å². The van der Waals surface area contributed by atoms with Gasteiger partial charge >= 0.3 is 5.97 Å². The molecule has 3 nitrogen and oxygen atoms in total. The normalized spacial score (nSPS) is 16.3. The Balaban J connectivity index is 2.33. The molecule has 0 amide bonds. The van der Waals surface area contributed by atoms with Gasteiger partial charge in [-0.25, -0.2) is 4.79 Å². The van der Waals surface area contributed by atoms with E-state index in [9.17, 15) is 9.59 Å². The number of fused-ring (bicyclic) bond motifs is 1. The van der Waals surface area contributed by atoms with E-state index in [2.05, 4.69) is 13.8 Å². The van der Waals surface area contributed by atoms with Gasteiger partial charge in [-0.05, 0) is 48.3 Å². The molecule has 0 saturated carbocycles. The second kappa shape index (κ2) is 4.56. The summed E-state index contributed by atoms with van der Waals surface area (Å²) >= 11 is 0. The molecule has 0 aromatic heterocycles. The first-order valence-electron chi connectivity index (χ1n) is 6.41. The predicted octanol–water partition coefficient (Wildman–Crippen LogP) is 2.86. The molecule has 0 bridgehead atoms. The van der Waals surface area contributed by atoms with Crippen LogP contribution in [0.2, 0.25) is 0 Å². The minimum absolute atomic E-state index is 0.296. The van der Waals surface area contributed by atoms with Crippen molar-refractivity contribution in [3.63, 3.8) is 0 Å². The molecule has 1 aromatic carbocycles. The summed E-state index contributed by atoms with van der Waals surface area (Å²) in [7, 11) is 0. The van der Waals surface area contributed by atoms with Crippen LogP contribution in [-0.4, -0.2) is 16.9 Å². The third-order valence-corrected chi connectivity index (χ3v) is 4.29. The lowest BCUT2D eigenvalue weighted by Gasteiger charge is -2.25. The first-order chi connectivity index (χ1) is 8.51. The Bertz CT molecular complexity index is 498. The number of benzene rings is 1. The lowest BCUT2D eigenvalue weighted by Crippen LogP contribution is -2.18. The molecular formula is C15H18O3. The van der Waals surface area contributed by atoms with Crippen LogP contribution in [0, 0.1) is 5.41 Å². The topological polar surface area (TPSA) is 54.4 Å². The first kappa shape index (κ1) is 12.8. The summed E-state index contributed by atoms with van der Waals surface area (Å²) in [6.45, 7) is 4.39. The highest BCUT2D eigenvalue weighted by atomic mass is 16.4. The summed E-state index contributed by atoms with van der Waals surface area (Å²) in [5.41, 5.74) is 3.00. The summed E-state index contributed by atoms with van der Waals surface area (Å²) in [6.07, 6.45) is 4.22. The van der Waals surface area contributed by atoms with E-state index in [0.717, 1.165) is 31.2 Å². The van der Waals surface area contributed by atoms with E-state index in [4.69, 9.17) is 5.11 Å². The molecule has 0 radical (unpaired) electrons. The van der Waals surface area contributed by atoms with Crippen LogP contribution in [0.1, 0.15) is 48.2 Å². The minimum Gasteiger partial charge on any atom is -0.475 e. The van der Waals surface area contributed by atoms with Crippen molar-refractivity contribution < 1.29 is 14.7 Å². The molecule has 1 aliphatic carbocycles. The molecule has 0 aliphatic heterocycles. The molecule has 18 heavy (non-hydrogen) atoms. The summed E-state index contributed by atoms with van der Waals surface area (Å²) in [5.74, 6) is -2.20. The van der Waals surface area contributed by atoms with Crippen LogP contribution < -0.4 is 0 Å². The lowest BCUT2D eigenvalue weighted by molar-refractivity contribution is -0.131. The van der Waals surface area contributed by atoms with E-state index in [0.29, 0.717) is 11.0 Å². The monoisotopic (exact) mass is 246 g/mol. The standard InChI is InChI=1S/C15H18O3/c1-3-15(4-2)8-11-6-5-10(7-12(11)9-15)13(16)14(17)18/h5-7H,3-4,8-9H2,1-2H3,(H,17,18). The van der Waals surface area contributed by atoms with Gasteiger partial charge in [0.15, 0.2) is 0 Å². The van der Waals surface area contributed by atoms with E-state index in [-0.39, 0.29) is 0 Å². The Kier molecular flexibility index (Phi) is 3.24. The fourth-order valence-corrected chi connectivity index (χ4v) is 2.85. The number of hydrogen-bond acceptors (Lipinski definition) is 2. The molecule has 1 N–H and O–H groups in total. The number of Topliss-reactive ketones (excluding diaryl/α,β-unsaturated/α-hetero) is 1. The van der Waals surface area contributed by atoms with Crippen LogP contribution in [0.3, 0.4) is 0 Å². The molecule has 3 heteroatoms. The third kappa shape index (κ3) is 2.05. The van der Waals surface area contributed by atoms with Crippen molar-refractivity contribution in [3.05, 3.63) is 34.9 Å². The van der Waals surface area contributed by atoms with Crippen molar-refractivity contribution in [2.45, 2.75) is 39.5 Å². The largest absolute Gasteiger partial charge is 0.475 e. The maximum absolute atomic E-state index is 11.4. The van der Waals surface area contributed by atoms with Crippen molar-refractivity contribution in [2.24, 2.45) is 5.41 Å². The van der Waals surface area contributed by atoms with Crippen LogP contribution in [0.15, 0.2) is 18.2 Å². The Morgan fingerprint density at radius 2 is 1.78 bits per heavy atom. The first-order valence-corrected chi connectivity index (χ1v) is 6.41. The number of hydrogen-bond donors (Lipinski definition) is 1. The van der Waals surface area contributed by atoms with Gasteiger partial charge in [0.25, 0.3) is 5.78 Å². The van der Waals surface area contributed by atoms with Gasteiger partial charge in [-0.1, -0.05) is 26.0 Å². The molecule has 96 valence electrons. The van der Waals surface area contributed by atoms with Crippen molar-refractivity contribution >= 4 is 11.8 Å². The maximum Gasteiger partial charge on any atom is 0.377 e. The van der Waals surface area contributed by atoms with Crippen LogP contribution in [0.5, 0.6) is 0 Å². The van der Waals surface area contributed by atoms with Gasteiger partial charge in [0.1, 0.15) is 0 Å². The Morgan fingerprint density at radius 1 is 1.17 bits per heavy atom. The smallest absolute Gasteiger partial charge is 0.377 e. The number of rotatable bonds is 4. The maximum atomic E-state index is 11.4. The van der Waals surface area contributed by atoms with E-state index in [1.165, 1.54) is 5.56 Å². The minimum atomic E-state index is -1.38. The van der Waals surface area contributed by atoms with Gasteiger partial charge in [-0.2, -0.15) is 0 Å². The Labute approximate surface area is 107 Å². The van der Waals surface area contributed by atoms with Gasteiger partial charge < -0.3 is 5.11 Å². The quantitative estimate of drug-likeness (QED) is 0.656. The van der Waals surface area contributed by atoms with E-state index in [1.54, 1.807) is 12.1 Å². The van der Waals surface area contributed by atoms with E-state index >= 15 is 0 Å². The summed E-state index contributed by atoms with van der Waals surface area (Å²) in [4.78, 5) is 22.1. The highest BCUT2D eigenvalue weighted by Crippen LogP contribution is 2.42. The average molecular weight is 246 g/mol. The Morgan fingerprint density at radius 3 is 2.33 bits per heavy atom. The number of carboxylic acids is 1. The lowest BCUT2D eigenvalue weighted by atomic mass is 9.80. The van der Waals surface area contributed by atoms with Crippen molar-refractivity contribution in [3.8, 4) is 0 Å². The molecular weight excluding hydrogens is 228 g/mol. The molecule has 0 unspecified atom stereocenters. The number of aliphatic carboxylic acids is 1. The fraction of sp³-hybridized carbons (Fsp3) is 0.467. The molecule has 0 fully saturated rings. The number of carbonyl (C=O) groups is 2. The van der Waals surface area contributed by atoms with Gasteiger partial charge in [0.2, 0.25) is 0 Å². The molecule has 0 atom stereocenters. The SMILES string of the molecule is CCC1(CC)Cc2ccc(C(=O)C(=O)O)cc2C1. The molecule has 2 rings (SSSR count). The Hall–Kier alpha value is -1.64. The highest BCUT2D eigenvalue weighted by molar-refractivity contribution is 6.39. The van der Waals surface area contributed by atoms with Gasteiger partial charge in [0.05, 0.1) is 0 Å². The molecule has 1 aromatic rings. The van der Waals surface area contributed by atoms with Crippen LogP contribution in [-0.2, 0) is 17.6 Å². The summed E-state index contributed by atoms with van der Waals surface area (Å²) in [5, 5.41) is 8.73. The summed E-state index contributed by atoms with van der Waals surface area (Å²) < 4.78 is 0. The second-order valence-corrected chi connectivity index (χ2v) is 5.18. The van der Waals surface area contributed by atoms with Crippen LogP contribution in [0.25, 0.3) is 0 Å². The van der Waals surface area contributed by atoms with Crippen LogP contribution in [0.4, 0.5) is 0 Å². The zero-order chi connectivity index (χ0) is 13.3. The number of carbonyl (C=O) groups excluding carboxylic acids is 1. The fourth-order valence-electron chi connectivity index (χ4n) is 2.85. The zero-order valence-corrected chi connectivity index (χ0v) is 10.8. The van der Waals surface area contributed by atoms with Gasteiger partial charge in [0, 0.05) is 5.56 Å². The number of ketones is 1. The van der Waals surface area contributed by atoms with Crippen LogP contribution >= 0.6 is 0 Å².